The van der Waals surface area contributed by atoms with E-state index in [2.05, 4.69) is 28.5 Å². The fourth-order valence-corrected chi connectivity index (χ4v) is 3.49. The molecule has 1 aromatic rings. The fourth-order valence-electron chi connectivity index (χ4n) is 3.49. The van der Waals surface area contributed by atoms with Crippen molar-refractivity contribution < 1.29 is 18.7 Å². The summed E-state index contributed by atoms with van der Waals surface area (Å²) in [5.41, 5.74) is 0.658. The summed E-state index contributed by atoms with van der Waals surface area (Å²) >= 11 is 0. The third-order valence-corrected chi connectivity index (χ3v) is 4.96. The van der Waals surface area contributed by atoms with Gasteiger partial charge in [0.2, 0.25) is 0 Å². The third kappa shape index (κ3) is 9.21. The van der Waals surface area contributed by atoms with Gasteiger partial charge in [-0.1, -0.05) is 0 Å². The van der Waals surface area contributed by atoms with Gasteiger partial charge in [-0.3, -0.25) is 0 Å². The van der Waals surface area contributed by atoms with Crippen molar-refractivity contribution in [3.05, 3.63) is 23.2 Å². The Kier molecular flexibility index (Phi) is 9.68. The molecule has 1 aromatic heterocycles. The topological polar surface area (TPSA) is 88.3 Å². The molecule has 176 valence electrons. The van der Waals surface area contributed by atoms with Gasteiger partial charge in [-0.2, -0.15) is 0 Å². The molecular formula is C23H40N4O4. The lowest BCUT2D eigenvalue weighted by Gasteiger charge is -2.34. The number of aliphatic imine (C=N–C) groups is 1. The van der Waals surface area contributed by atoms with Crippen molar-refractivity contribution in [2.75, 3.05) is 32.8 Å². The third-order valence-electron chi connectivity index (χ3n) is 4.96. The molecule has 8 heteroatoms. The van der Waals surface area contributed by atoms with Crippen LogP contribution in [0.15, 0.2) is 15.5 Å². The molecule has 2 heterocycles. The highest BCUT2D eigenvalue weighted by molar-refractivity contribution is 5.80. The van der Waals surface area contributed by atoms with Crippen LogP contribution < -0.4 is 10.6 Å². The number of alkyl carbamates (subject to hydrolysis) is 1. The van der Waals surface area contributed by atoms with Gasteiger partial charge in [0.05, 0.1) is 12.6 Å². The molecule has 2 N–H and O–H groups in total. The second kappa shape index (κ2) is 12.0. The number of hydrogen-bond donors (Lipinski definition) is 2. The Hall–Kier alpha value is -2.22. The molecule has 0 aliphatic carbocycles. The molecule has 0 spiro atoms. The number of piperidine rings is 1. The lowest BCUT2D eigenvalue weighted by molar-refractivity contribution is 0.0170. The minimum absolute atomic E-state index is 0.249. The van der Waals surface area contributed by atoms with Crippen molar-refractivity contribution >= 4 is 12.1 Å². The van der Waals surface area contributed by atoms with Crippen molar-refractivity contribution in [1.82, 2.24) is 15.5 Å². The number of furan rings is 1. The SMILES string of the molecule is CCNC(=NCc1cc(C)oc1C)N1CCC(OCCCNC(=O)OC(C)(C)C)CC1. The van der Waals surface area contributed by atoms with E-state index in [1.807, 2.05) is 34.6 Å². The van der Waals surface area contributed by atoms with E-state index in [1.54, 1.807) is 0 Å². The van der Waals surface area contributed by atoms with Crippen LogP contribution in [-0.2, 0) is 16.0 Å². The molecule has 0 radical (unpaired) electrons. The number of likely N-dealkylation sites (tertiary alicyclic amines) is 1. The molecule has 1 saturated heterocycles. The van der Waals surface area contributed by atoms with E-state index in [0.717, 1.165) is 61.9 Å². The zero-order chi connectivity index (χ0) is 22.9. The van der Waals surface area contributed by atoms with Gasteiger partial charge in [0.1, 0.15) is 17.1 Å². The fraction of sp³-hybridized carbons (Fsp3) is 0.739. The highest BCUT2D eigenvalue weighted by atomic mass is 16.6. The van der Waals surface area contributed by atoms with E-state index in [0.29, 0.717) is 19.7 Å². The van der Waals surface area contributed by atoms with Crippen LogP contribution in [0.25, 0.3) is 0 Å². The number of nitrogens with one attached hydrogen (secondary N) is 2. The predicted octanol–water partition coefficient (Wildman–Crippen LogP) is 3.76. The molecule has 0 atom stereocenters. The van der Waals surface area contributed by atoms with Gasteiger partial charge in [-0.25, -0.2) is 9.79 Å². The first-order valence-electron chi connectivity index (χ1n) is 11.4. The first-order valence-corrected chi connectivity index (χ1v) is 11.4. The van der Waals surface area contributed by atoms with Crippen molar-refractivity contribution in [1.29, 1.82) is 0 Å². The highest BCUT2D eigenvalue weighted by Gasteiger charge is 2.22. The van der Waals surface area contributed by atoms with Crippen LogP contribution in [0.5, 0.6) is 0 Å². The standard InChI is InChI=1S/C23H40N4O4/c1-7-24-21(26-16-19-15-17(2)30-18(19)3)27-12-9-20(10-13-27)29-14-8-11-25-22(28)31-23(4,5)6/h15,20H,7-14,16H2,1-6H3,(H,24,26)(H,25,28). The maximum Gasteiger partial charge on any atom is 0.407 e. The van der Waals surface area contributed by atoms with E-state index < -0.39 is 5.60 Å². The van der Waals surface area contributed by atoms with E-state index in [1.165, 1.54) is 0 Å². The molecule has 31 heavy (non-hydrogen) atoms. The van der Waals surface area contributed by atoms with E-state index >= 15 is 0 Å². The van der Waals surface area contributed by atoms with Crippen LogP contribution in [0.4, 0.5) is 4.79 Å². The number of nitrogens with zero attached hydrogens (tertiary/aromatic N) is 2. The molecule has 2 rings (SSSR count). The van der Waals surface area contributed by atoms with Gasteiger partial charge in [0, 0.05) is 38.3 Å². The normalized spacial score (nSPS) is 15.8. The first kappa shape index (κ1) is 25.0. The van der Waals surface area contributed by atoms with Crippen LogP contribution in [-0.4, -0.2) is 61.4 Å². The molecule has 8 nitrogen and oxygen atoms in total. The smallest absolute Gasteiger partial charge is 0.407 e. The first-order chi connectivity index (χ1) is 14.7. The summed E-state index contributed by atoms with van der Waals surface area (Å²) in [7, 11) is 0. The maximum absolute atomic E-state index is 11.6. The highest BCUT2D eigenvalue weighted by Crippen LogP contribution is 2.17. The van der Waals surface area contributed by atoms with Crippen LogP contribution in [0, 0.1) is 13.8 Å². The average molecular weight is 437 g/mol. The number of hydrogen-bond acceptors (Lipinski definition) is 5. The number of aryl methyl sites for hydroxylation is 2. The molecule has 1 amide bonds. The number of guanidine groups is 1. The largest absolute Gasteiger partial charge is 0.466 e. The van der Waals surface area contributed by atoms with Crippen molar-refractivity contribution in [3.8, 4) is 0 Å². The molecule has 0 unspecified atom stereocenters. The van der Waals surface area contributed by atoms with E-state index in [9.17, 15) is 4.79 Å². The zero-order valence-electron chi connectivity index (χ0n) is 20.0. The van der Waals surface area contributed by atoms with Gasteiger partial charge < -0.3 is 29.4 Å². The Balaban J connectivity index is 1.69. The quantitative estimate of drug-likeness (QED) is 0.366. The Morgan fingerprint density at radius 3 is 2.55 bits per heavy atom. The van der Waals surface area contributed by atoms with Crippen LogP contribution >= 0.6 is 0 Å². The molecule has 0 saturated carbocycles. The summed E-state index contributed by atoms with van der Waals surface area (Å²) in [6.07, 6.45) is 2.57. The molecular weight excluding hydrogens is 396 g/mol. The monoisotopic (exact) mass is 436 g/mol. The van der Waals surface area contributed by atoms with Crippen LogP contribution in [0.2, 0.25) is 0 Å². The minimum Gasteiger partial charge on any atom is -0.466 e. The second-order valence-corrected chi connectivity index (χ2v) is 8.95. The molecule has 0 bridgehead atoms. The van der Waals surface area contributed by atoms with E-state index in [-0.39, 0.29) is 12.2 Å². The van der Waals surface area contributed by atoms with Crippen molar-refractivity contribution in [2.45, 2.75) is 79.1 Å². The summed E-state index contributed by atoms with van der Waals surface area (Å²) in [4.78, 5) is 18.8. The van der Waals surface area contributed by atoms with Gasteiger partial charge in [0.25, 0.3) is 0 Å². The minimum atomic E-state index is -0.473. The lowest BCUT2D eigenvalue weighted by atomic mass is 10.1. The number of amides is 1. The summed E-state index contributed by atoms with van der Waals surface area (Å²) in [6, 6.07) is 2.06. The van der Waals surface area contributed by atoms with Crippen LogP contribution in [0.3, 0.4) is 0 Å². The second-order valence-electron chi connectivity index (χ2n) is 8.95. The van der Waals surface area contributed by atoms with Crippen molar-refractivity contribution in [2.24, 2.45) is 4.99 Å². The lowest BCUT2D eigenvalue weighted by Crippen LogP contribution is -2.47. The molecule has 1 fully saturated rings. The predicted molar refractivity (Wildman–Crippen MR) is 122 cm³/mol. The number of rotatable bonds is 8. The van der Waals surface area contributed by atoms with Gasteiger partial charge >= 0.3 is 6.09 Å². The van der Waals surface area contributed by atoms with Crippen molar-refractivity contribution in [3.63, 3.8) is 0 Å². The van der Waals surface area contributed by atoms with Gasteiger partial charge in [-0.15, -0.1) is 0 Å². The van der Waals surface area contributed by atoms with Crippen LogP contribution in [0.1, 0.15) is 64.0 Å². The zero-order valence-corrected chi connectivity index (χ0v) is 20.0. The maximum atomic E-state index is 11.6. The molecule has 0 aromatic carbocycles. The number of ether oxygens (including phenoxy) is 2. The van der Waals surface area contributed by atoms with E-state index in [4.69, 9.17) is 18.9 Å². The Morgan fingerprint density at radius 2 is 1.97 bits per heavy atom. The summed E-state index contributed by atoms with van der Waals surface area (Å²) in [6.45, 7) is 16.1. The summed E-state index contributed by atoms with van der Waals surface area (Å²) < 4.78 is 16.8. The Morgan fingerprint density at radius 1 is 1.26 bits per heavy atom. The Labute approximate surface area is 186 Å². The molecule has 1 aliphatic rings. The van der Waals surface area contributed by atoms with Gasteiger partial charge in [-0.05, 0) is 66.9 Å². The summed E-state index contributed by atoms with van der Waals surface area (Å²) in [5.74, 6) is 2.80. The van der Waals surface area contributed by atoms with Gasteiger partial charge in [0.15, 0.2) is 5.96 Å². The average Bonchev–Trinajstić information content (AvgIpc) is 3.01. The number of carbonyl (C=O) groups is 1. The Bertz CT molecular complexity index is 716. The molecule has 1 aliphatic heterocycles. The summed E-state index contributed by atoms with van der Waals surface area (Å²) in [5, 5.41) is 6.17. The number of carbonyl (C=O) groups excluding carboxylic acids is 1.